The van der Waals surface area contributed by atoms with Gasteiger partial charge in [-0.15, -0.1) is 11.3 Å². The van der Waals surface area contributed by atoms with Crippen molar-refractivity contribution in [3.05, 3.63) is 194 Å². The first-order chi connectivity index (χ1) is 28.7. The third-order valence-electron chi connectivity index (χ3n) is 12.4. The molecule has 0 amide bonds. The number of furan rings is 1. The maximum atomic E-state index is 6.23. The second kappa shape index (κ2) is 12.1. The number of hydrogen-bond donors (Lipinski definition) is 0. The molecule has 2 heterocycles. The van der Waals surface area contributed by atoms with Crippen LogP contribution < -0.4 is 0 Å². The maximum Gasteiger partial charge on any atom is 0.136 e. The van der Waals surface area contributed by atoms with Crippen molar-refractivity contribution in [1.82, 2.24) is 0 Å². The van der Waals surface area contributed by atoms with Crippen LogP contribution in [0.3, 0.4) is 0 Å². The Kier molecular flexibility index (Phi) is 6.66. The number of thiophene rings is 1. The van der Waals surface area contributed by atoms with Crippen molar-refractivity contribution in [2.75, 3.05) is 0 Å². The Morgan fingerprint density at radius 2 is 0.707 bits per heavy atom. The van der Waals surface area contributed by atoms with Crippen LogP contribution in [0, 0.1) is 0 Å². The standard InChI is InChI=1S/C56H32OS/c1-2-10-34-26-40(23-17-33(34)9-1)55-44-12-3-5-14-46(44)56(47-15-6-4-13-45(47)55)41-24-22-36-25-35(18-19-37(36)27-41)38-20-21-39-29-49-50-31-48-43-11-7-8-16-51(43)57-52(48)32-54(50)58-53(49)30-42(39)28-38/h1-32H. The van der Waals surface area contributed by atoms with Crippen LogP contribution in [0.25, 0.3) is 129 Å². The van der Waals surface area contributed by atoms with Crippen molar-refractivity contribution in [2.24, 2.45) is 0 Å². The fourth-order valence-electron chi connectivity index (χ4n) is 9.59. The predicted octanol–water partition coefficient (Wildman–Crippen LogP) is 16.7. The Hall–Kier alpha value is -7.26. The predicted molar refractivity (Wildman–Crippen MR) is 250 cm³/mol. The molecule has 0 saturated heterocycles. The lowest BCUT2D eigenvalue weighted by molar-refractivity contribution is 0.669. The Labute approximate surface area is 337 Å². The fourth-order valence-corrected chi connectivity index (χ4v) is 10.7. The van der Waals surface area contributed by atoms with Gasteiger partial charge in [-0.25, -0.2) is 0 Å². The van der Waals surface area contributed by atoms with Crippen molar-refractivity contribution in [3.63, 3.8) is 0 Å². The first kappa shape index (κ1) is 31.9. The third kappa shape index (κ3) is 4.76. The maximum absolute atomic E-state index is 6.23. The van der Waals surface area contributed by atoms with E-state index in [1.807, 2.05) is 17.4 Å². The van der Waals surface area contributed by atoms with E-state index in [9.17, 15) is 0 Å². The van der Waals surface area contributed by atoms with E-state index < -0.39 is 0 Å². The van der Waals surface area contributed by atoms with E-state index in [0.29, 0.717) is 0 Å². The van der Waals surface area contributed by atoms with Crippen LogP contribution in [-0.4, -0.2) is 0 Å². The monoisotopic (exact) mass is 752 g/mol. The Morgan fingerprint density at radius 1 is 0.259 bits per heavy atom. The molecule has 2 heteroatoms. The van der Waals surface area contributed by atoms with Crippen molar-refractivity contribution in [3.8, 4) is 33.4 Å². The molecule has 0 fully saturated rings. The molecule has 0 aliphatic rings. The number of benzene rings is 11. The average molecular weight is 753 g/mol. The van der Waals surface area contributed by atoms with Crippen LogP contribution in [0.5, 0.6) is 0 Å². The summed E-state index contributed by atoms with van der Waals surface area (Å²) in [5.74, 6) is 0. The lowest BCUT2D eigenvalue weighted by Crippen LogP contribution is -1.91. The highest BCUT2D eigenvalue weighted by Crippen LogP contribution is 2.45. The summed E-state index contributed by atoms with van der Waals surface area (Å²) in [5.41, 5.74) is 9.39. The van der Waals surface area contributed by atoms with Crippen molar-refractivity contribution < 1.29 is 4.42 Å². The summed E-state index contributed by atoms with van der Waals surface area (Å²) in [6, 6.07) is 71.8. The molecule has 58 heavy (non-hydrogen) atoms. The second-order valence-electron chi connectivity index (χ2n) is 15.6. The quantitative estimate of drug-likeness (QED) is 0.164. The number of hydrogen-bond acceptors (Lipinski definition) is 2. The van der Waals surface area contributed by atoms with Gasteiger partial charge in [-0.3, -0.25) is 0 Å². The molecule has 13 rings (SSSR count). The summed E-state index contributed by atoms with van der Waals surface area (Å²) in [6.45, 7) is 0. The Balaban J connectivity index is 0.906. The molecule has 2 aromatic heterocycles. The largest absolute Gasteiger partial charge is 0.456 e. The molecule has 11 aromatic carbocycles. The van der Waals surface area contributed by atoms with Crippen LogP contribution in [0.2, 0.25) is 0 Å². The SMILES string of the molecule is c1ccc2cc(-c3c4ccccc4c(-c4ccc5cc(-c6ccc7cc8c(cc7c6)sc6cc7oc9ccccc9c7cc68)ccc5c4)c4ccccc34)ccc2c1. The van der Waals surface area contributed by atoms with Crippen molar-refractivity contribution >= 4 is 107 Å². The van der Waals surface area contributed by atoms with Gasteiger partial charge < -0.3 is 4.42 Å². The number of rotatable bonds is 3. The zero-order valence-electron chi connectivity index (χ0n) is 31.3. The lowest BCUT2D eigenvalue weighted by Gasteiger charge is -2.18. The summed E-state index contributed by atoms with van der Waals surface area (Å²) < 4.78 is 8.79. The van der Waals surface area contributed by atoms with Gasteiger partial charge in [0.15, 0.2) is 0 Å². The minimum absolute atomic E-state index is 0.941. The number of fused-ring (bicyclic) bond motifs is 11. The molecule has 0 N–H and O–H groups in total. The van der Waals surface area contributed by atoms with Gasteiger partial charge in [0.05, 0.1) is 0 Å². The summed E-state index contributed by atoms with van der Waals surface area (Å²) in [5, 5.41) is 17.5. The van der Waals surface area contributed by atoms with E-state index in [1.165, 1.54) is 118 Å². The molecule has 0 aliphatic carbocycles. The minimum Gasteiger partial charge on any atom is -0.456 e. The highest BCUT2D eigenvalue weighted by atomic mass is 32.1. The Bertz CT molecular complexity index is 3810. The van der Waals surface area contributed by atoms with Crippen LogP contribution in [0.1, 0.15) is 0 Å². The summed E-state index contributed by atoms with van der Waals surface area (Å²) >= 11 is 1.85. The molecule has 0 aliphatic heterocycles. The van der Waals surface area contributed by atoms with E-state index in [4.69, 9.17) is 4.42 Å². The van der Waals surface area contributed by atoms with E-state index in [1.54, 1.807) is 0 Å². The molecular weight excluding hydrogens is 721 g/mol. The molecule has 13 aromatic rings. The highest BCUT2D eigenvalue weighted by Gasteiger charge is 2.18. The molecule has 0 bridgehead atoms. The number of para-hydroxylation sites is 1. The van der Waals surface area contributed by atoms with Gasteiger partial charge >= 0.3 is 0 Å². The molecule has 0 radical (unpaired) electrons. The normalized spacial score (nSPS) is 12.1. The zero-order valence-corrected chi connectivity index (χ0v) is 32.1. The smallest absolute Gasteiger partial charge is 0.136 e. The summed E-state index contributed by atoms with van der Waals surface area (Å²) in [7, 11) is 0. The molecule has 268 valence electrons. The summed E-state index contributed by atoms with van der Waals surface area (Å²) in [4.78, 5) is 0. The van der Waals surface area contributed by atoms with Gasteiger partial charge in [0, 0.05) is 30.9 Å². The first-order valence-electron chi connectivity index (χ1n) is 19.9. The highest BCUT2D eigenvalue weighted by molar-refractivity contribution is 7.26. The zero-order chi connectivity index (χ0) is 37.9. The third-order valence-corrected chi connectivity index (χ3v) is 13.5. The lowest BCUT2D eigenvalue weighted by atomic mass is 9.85. The fraction of sp³-hybridized carbons (Fsp3) is 0. The summed E-state index contributed by atoms with van der Waals surface area (Å²) in [6.07, 6.45) is 0. The minimum atomic E-state index is 0.941. The molecule has 0 spiro atoms. The molecular formula is C56H32OS. The molecule has 0 unspecified atom stereocenters. The van der Waals surface area contributed by atoms with Crippen LogP contribution in [-0.2, 0) is 0 Å². The first-order valence-corrected chi connectivity index (χ1v) is 20.7. The van der Waals surface area contributed by atoms with Gasteiger partial charge in [-0.05, 0) is 142 Å². The van der Waals surface area contributed by atoms with E-state index in [0.717, 1.165) is 11.2 Å². The van der Waals surface area contributed by atoms with Gasteiger partial charge in [-0.1, -0.05) is 140 Å². The Morgan fingerprint density at radius 3 is 1.36 bits per heavy atom. The topological polar surface area (TPSA) is 13.1 Å². The van der Waals surface area contributed by atoms with Crippen LogP contribution in [0.15, 0.2) is 199 Å². The molecule has 1 nitrogen and oxygen atoms in total. The van der Waals surface area contributed by atoms with Gasteiger partial charge in [0.2, 0.25) is 0 Å². The van der Waals surface area contributed by atoms with Crippen LogP contribution in [0.4, 0.5) is 0 Å². The van der Waals surface area contributed by atoms with Crippen LogP contribution >= 0.6 is 11.3 Å². The van der Waals surface area contributed by atoms with E-state index in [-0.39, 0.29) is 0 Å². The van der Waals surface area contributed by atoms with E-state index in [2.05, 4.69) is 188 Å². The van der Waals surface area contributed by atoms with Gasteiger partial charge in [0.25, 0.3) is 0 Å². The van der Waals surface area contributed by atoms with E-state index >= 15 is 0 Å². The second-order valence-corrected chi connectivity index (χ2v) is 16.7. The van der Waals surface area contributed by atoms with Crippen molar-refractivity contribution in [2.45, 2.75) is 0 Å². The molecule has 0 saturated carbocycles. The van der Waals surface area contributed by atoms with Crippen molar-refractivity contribution in [1.29, 1.82) is 0 Å². The van der Waals surface area contributed by atoms with Gasteiger partial charge in [-0.2, -0.15) is 0 Å². The van der Waals surface area contributed by atoms with Gasteiger partial charge in [0.1, 0.15) is 11.2 Å². The average Bonchev–Trinajstić information content (AvgIpc) is 3.82. The molecule has 0 atom stereocenters.